The quantitative estimate of drug-likeness (QED) is 0.337. The Morgan fingerprint density at radius 3 is 2.45 bits per heavy atom. The normalized spacial score (nSPS) is 13.5. The predicted octanol–water partition coefficient (Wildman–Crippen LogP) is 4.02. The summed E-state index contributed by atoms with van der Waals surface area (Å²) in [6.45, 7) is 3.06. The van der Waals surface area contributed by atoms with Crippen LogP contribution >= 0.6 is 0 Å². The van der Waals surface area contributed by atoms with Gasteiger partial charge < -0.3 is 16.3 Å². The standard InChI is InChI=1S/C22H19F5N4O2/c1-11-3-4-18(29-9-11)13-5-14(20(28)22(25,26)27)7-15(6-13)21(32)30-12(2)19-17(24)8-16(23)10-31(19)33/h3-10,12,20H,28H2,1-2H3,(H,30,32)/t12-,20?/m1/s1. The zero-order chi connectivity index (χ0) is 24.5. The molecule has 0 saturated carbocycles. The number of hydrogen-bond acceptors (Lipinski definition) is 4. The molecular formula is C22H19F5N4O2. The topological polar surface area (TPSA) is 95.0 Å². The lowest BCUT2D eigenvalue weighted by Gasteiger charge is -2.19. The number of hydrogen-bond donors (Lipinski definition) is 2. The summed E-state index contributed by atoms with van der Waals surface area (Å²) in [6.07, 6.45) is -2.77. The van der Waals surface area contributed by atoms with E-state index < -0.39 is 41.5 Å². The fourth-order valence-corrected chi connectivity index (χ4v) is 3.20. The molecule has 6 nitrogen and oxygen atoms in total. The minimum Gasteiger partial charge on any atom is -0.618 e. The van der Waals surface area contributed by atoms with Crippen LogP contribution in [-0.4, -0.2) is 17.1 Å². The van der Waals surface area contributed by atoms with Crippen molar-refractivity contribution in [3.8, 4) is 11.3 Å². The van der Waals surface area contributed by atoms with Crippen molar-refractivity contribution in [3.05, 3.63) is 88.0 Å². The lowest BCUT2D eigenvalue weighted by atomic mass is 9.97. The first-order chi connectivity index (χ1) is 15.4. The highest BCUT2D eigenvalue weighted by molar-refractivity contribution is 5.96. The largest absolute Gasteiger partial charge is 0.618 e. The Labute approximate surface area is 185 Å². The number of rotatable bonds is 5. The molecule has 1 aromatic carbocycles. The Kier molecular flexibility index (Phi) is 6.63. The van der Waals surface area contributed by atoms with Gasteiger partial charge in [-0.1, -0.05) is 6.07 Å². The van der Waals surface area contributed by atoms with Crippen LogP contribution in [0.4, 0.5) is 22.0 Å². The maximum atomic E-state index is 14.1. The number of aromatic nitrogens is 2. The number of pyridine rings is 2. The molecule has 2 aromatic heterocycles. The fourth-order valence-electron chi connectivity index (χ4n) is 3.20. The molecule has 1 unspecified atom stereocenters. The van der Waals surface area contributed by atoms with E-state index in [2.05, 4.69) is 10.3 Å². The molecule has 0 fully saturated rings. The van der Waals surface area contributed by atoms with Gasteiger partial charge in [-0.25, -0.2) is 4.39 Å². The van der Waals surface area contributed by atoms with Gasteiger partial charge in [-0.15, -0.1) is 0 Å². The van der Waals surface area contributed by atoms with Crippen LogP contribution in [0.15, 0.2) is 48.8 Å². The highest BCUT2D eigenvalue weighted by Crippen LogP contribution is 2.33. The van der Waals surface area contributed by atoms with Crippen LogP contribution in [0.2, 0.25) is 0 Å². The van der Waals surface area contributed by atoms with Gasteiger partial charge in [0.05, 0.1) is 5.69 Å². The average Bonchev–Trinajstić information content (AvgIpc) is 2.71. The predicted molar refractivity (Wildman–Crippen MR) is 109 cm³/mol. The van der Waals surface area contributed by atoms with E-state index in [1.807, 2.05) is 0 Å². The fraction of sp³-hybridized carbons (Fsp3) is 0.227. The molecule has 33 heavy (non-hydrogen) atoms. The molecule has 2 heterocycles. The molecule has 0 aliphatic heterocycles. The van der Waals surface area contributed by atoms with Gasteiger partial charge in [-0.2, -0.15) is 22.3 Å². The third kappa shape index (κ3) is 5.43. The van der Waals surface area contributed by atoms with Crippen molar-refractivity contribution in [2.45, 2.75) is 32.1 Å². The molecule has 0 aliphatic rings. The lowest BCUT2D eigenvalue weighted by molar-refractivity contribution is -0.619. The summed E-state index contributed by atoms with van der Waals surface area (Å²) in [5.74, 6) is -3.18. The minimum atomic E-state index is -4.77. The summed E-state index contributed by atoms with van der Waals surface area (Å²) in [4.78, 5) is 17.0. The second-order valence-electron chi connectivity index (χ2n) is 7.50. The Hall–Kier alpha value is -3.60. The van der Waals surface area contributed by atoms with E-state index in [9.17, 15) is 32.0 Å². The third-order valence-corrected chi connectivity index (χ3v) is 4.88. The Bertz CT molecular complexity index is 1160. The van der Waals surface area contributed by atoms with Crippen LogP contribution < -0.4 is 15.8 Å². The van der Waals surface area contributed by atoms with Gasteiger partial charge in [0.25, 0.3) is 11.6 Å². The maximum absolute atomic E-state index is 14.1. The Morgan fingerprint density at radius 1 is 1.18 bits per heavy atom. The third-order valence-electron chi connectivity index (χ3n) is 4.88. The number of benzene rings is 1. The number of alkyl halides is 3. The zero-order valence-corrected chi connectivity index (χ0v) is 17.5. The SMILES string of the molecule is Cc1ccc(-c2cc(C(=O)N[C@H](C)c3c(F)cc(F)c[n+]3[O-])cc(C(N)C(F)(F)F)c2)nc1. The number of nitrogens with one attached hydrogen (secondary N) is 1. The molecule has 3 N–H and O–H groups in total. The maximum Gasteiger partial charge on any atom is 0.407 e. The summed E-state index contributed by atoms with van der Waals surface area (Å²) in [5.41, 5.74) is 5.53. The second kappa shape index (κ2) is 9.10. The van der Waals surface area contributed by atoms with Gasteiger partial charge in [0, 0.05) is 23.4 Å². The number of nitrogens with zero attached hydrogens (tertiary/aromatic N) is 2. The van der Waals surface area contributed by atoms with Crippen LogP contribution in [0, 0.1) is 23.8 Å². The molecule has 0 spiro atoms. The van der Waals surface area contributed by atoms with Gasteiger partial charge in [-0.3, -0.25) is 9.78 Å². The molecule has 0 aliphatic carbocycles. The van der Waals surface area contributed by atoms with Gasteiger partial charge in [0.2, 0.25) is 6.20 Å². The van der Waals surface area contributed by atoms with Crippen LogP contribution in [0.25, 0.3) is 11.3 Å². The van der Waals surface area contributed by atoms with E-state index >= 15 is 0 Å². The summed E-state index contributed by atoms with van der Waals surface area (Å²) < 4.78 is 67.0. The van der Waals surface area contributed by atoms with E-state index in [1.54, 1.807) is 19.1 Å². The summed E-state index contributed by atoms with van der Waals surface area (Å²) in [7, 11) is 0. The van der Waals surface area contributed by atoms with Gasteiger partial charge in [-0.05, 0) is 49.2 Å². The molecule has 174 valence electrons. The van der Waals surface area contributed by atoms with E-state index in [0.717, 1.165) is 11.6 Å². The van der Waals surface area contributed by atoms with Gasteiger partial charge in [0.1, 0.15) is 12.1 Å². The highest BCUT2D eigenvalue weighted by atomic mass is 19.4. The Morgan fingerprint density at radius 2 is 1.88 bits per heavy atom. The van der Waals surface area contributed by atoms with E-state index in [4.69, 9.17) is 5.73 Å². The molecule has 3 aromatic rings. The molecule has 1 amide bonds. The summed E-state index contributed by atoms with van der Waals surface area (Å²) >= 11 is 0. The summed E-state index contributed by atoms with van der Waals surface area (Å²) in [5, 5.41) is 14.2. The first-order valence-corrected chi connectivity index (χ1v) is 9.66. The van der Waals surface area contributed by atoms with Crippen LogP contribution in [0.3, 0.4) is 0 Å². The number of carbonyl (C=O) groups excluding carboxylic acids is 1. The second-order valence-corrected chi connectivity index (χ2v) is 7.50. The number of carbonyl (C=O) groups is 1. The van der Waals surface area contributed by atoms with Crippen molar-refractivity contribution < 1.29 is 31.5 Å². The monoisotopic (exact) mass is 466 g/mol. The molecule has 3 rings (SSSR count). The molecule has 0 saturated heterocycles. The first kappa shape index (κ1) is 24.1. The number of halogens is 5. The van der Waals surface area contributed by atoms with Crippen molar-refractivity contribution in [1.82, 2.24) is 10.3 Å². The lowest BCUT2D eigenvalue weighted by Crippen LogP contribution is -2.40. The summed E-state index contributed by atoms with van der Waals surface area (Å²) in [6, 6.07) is 3.61. The average molecular weight is 466 g/mol. The van der Waals surface area contributed by atoms with E-state index in [1.165, 1.54) is 25.3 Å². The van der Waals surface area contributed by atoms with E-state index in [-0.39, 0.29) is 21.4 Å². The van der Waals surface area contributed by atoms with Crippen LogP contribution in [0.5, 0.6) is 0 Å². The molecular weight excluding hydrogens is 447 g/mol. The highest BCUT2D eigenvalue weighted by Gasteiger charge is 2.38. The van der Waals surface area contributed by atoms with Crippen LogP contribution in [-0.2, 0) is 0 Å². The number of nitrogens with two attached hydrogens (primary N) is 1. The molecule has 11 heteroatoms. The zero-order valence-electron chi connectivity index (χ0n) is 17.5. The van der Waals surface area contributed by atoms with Crippen molar-refractivity contribution in [2.24, 2.45) is 5.73 Å². The molecule has 2 atom stereocenters. The Balaban J connectivity index is 2.01. The molecule has 0 radical (unpaired) electrons. The van der Waals surface area contributed by atoms with Crippen LogP contribution in [0.1, 0.15) is 46.2 Å². The van der Waals surface area contributed by atoms with Gasteiger partial charge >= 0.3 is 6.18 Å². The van der Waals surface area contributed by atoms with Crippen molar-refractivity contribution in [3.63, 3.8) is 0 Å². The van der Waals surface area contributed by atoms with Crippen molar-refractivity contribution in [2.75, 3.05) is 0 Å². The molecule has 0 bridgehead atoms. The minimum absolute atomic E-state index is 0.0622. The van der Waals surface area contributed by atoms with E-state index in [0.29, 0.717) is 18.0 Å². The number of aryl methyl sites for hydroxylation is 1. The number of amides is 1. The van der Waals surface area contributed by atoms with Crippen molar-refractivity contribution >= 4 is 5.91 Å². The first-order valence-electron chi connectivity index (χ1n) is 9.66. The smallest absolute Gasteiger partial charge is 0.407 e. The van der Waals surface area contributed by atoms with Crippen molar-refractivity contribution in [1.29, 1.82) is 0 Å². The van der Waals surface area contributed by atoms with Gasteiger partial charge in [0.15, 0.2) is 11.6 Å².